The lowest BCUT2D eigenvalue weighted by Crippen LogP contribution is -2.16. The molecule has 1 rings (SSSR count). The summed E-state index contributed by atoms with van der Waals surface area (Å²) >= 11 is 4.16. The molecule has 1 atom stereocenters. The van der Waals surface area contributed by atoms with Crippen molar-refractivity contribution in [1.82, 2.24) is 0 Å². The first-order chi connectivity index (χ1) is 7.49. The molecule has 0 aromatic heterocycles. The molecule has 0 heterocycles. The molecule has 0 aliphatic heterocycles. The van der Waals surface area contributed by atoms with Crippen molar-refractivity contribution in [3.05, 3.63) is 29.8 Å². The van der Waals surface area contributed by atoms with Gasteiger partial charge in [0.1, 0.15) is 0 Å². The largest absolute Gasteiger partial charge is 0.459 e. The molecule has 0 saturated heterocycles. The van der Waals surface area contributed by atoms with Gasteiger partial charge in [0.15, 0.2) is 0 Å². The molecule has 0 radical (unpaired) electrons. The van der Waals surface area contributed by atoms with Gasteiger partial charge in [-0.2, -0.15) is 0 Å². The molecule has 0 bridgehead atoms. The molecule has 88 valence electrons. The molecule has 3 heteroatoms. The van der Waals surface area contributed by atoms with Gasteiger partial charge < -0.3 is 4.74 Å². The van der Waals surface area contributed by atoms with Crippen LogP contribution in [0.2, 0.25) is 0 Å². The second-order valence-electron chi connectivity index (χ2n) is 4.39. The van der Waals surface area contributed by atoms with Crippen molar-refractivity contribution in [3.63, 3.8) is 0 Å². The minimum absolute atomic E-state index is 0.0387. The fourth-order valence-corrected chi connectivity index (χ4v) is 1.71. The average Bonchev–Trinajstić information content (AvgIpc) is 2.16. The zero-order chi connectivity index (χ0) is 12.1. The van der Waals surface area contributed by atoms with Gasteiger partial charge in [-0.05, 0) is 43.5 Å². The highest BCUT2D eigenvalue weighted by molar-refractivity contribution is 7.80. The predicted molar refractivity (Wildman–Crippen MR) is 68.0 cm³/mol. The van der Waals surface area contributed by atoms with Gasteiger partial charge in [0.2, 0.25) is 0 Å². The standard InChI is InChI=1S/C13H18O2S/c1-9(2)8-10(3)15-13(14)11-4-6-12(16)7-5-11/h4-7,9-10,16H,8H2,1-3H3. The predicted octanol–water partition coefficient (Wildman–Crippen LogP) is 3.57. The lowest BCUT2D eigenvalue weighted by atomic mass is 10.1. The summed E-state index contributed by atoms with van der Waals surface area (Å²) in [6, 6.07) is 7.03. The van der Waals surface area contributed by atoms with Crippen LogP contribution in [0.4, 0.5) is 0 Å². The Kier molecular flexibility index (Phi) is 4.87. The molecule has 0 amide bonds. The quantitative estimate of drug-likeness (QED) is 0.641. The number of rotatable bonds is 4. The van der Waals surface area contributed by atoms with Gasteiger partial charge in [0.05, 0.1) is 11.7 Å². The number of carbonyl (C=O) groups excluding carboxylic acids is 1. The van der Waals surface area contributed by atoms with Crippen molar-refractivity contribution in [3.8, 4) is 0 Å². The number of esters is 1. The second-order valence-corrected chi connectivity index (χ2v) is 4.91. The van der Waals surface area contributed by atoms with Gasteiger partial charge in [-0.25, -0.2) is 4.79 Å². The van der Waals surface area contributed by atoms with Crippen molar-refractivity contribution >= 4 is 18.6 Å². The van der Waals surface area contributed by atoms with Crippen LogP contribution in [0.5, 0.6) is 0 Å². The molecule has 2 nitrogen and oxygen atoms in total. The van der Waals surface area contributed by atoms with Gasteiger partial charge in [-0.15, -0.1) is 12.6 Å². The Hall–Kier alpha value is -0.960. The topological polar surface area (TPSA) is 26.3 Å². The third-order valence-electron chi connectivity index (χ3n) is 2.21. The van der Waals surface area contributed by atoms with Crippen molar-refractivity contribution < 1.29 is 9.53 Å². The van der Waals surface area contributed by atoms with Gasteiger partial charge >= 0.3 is 5.97 Å². The summed E-state index contributed by atoms with van der Waals surface area (Å²) in [4.78, 5) is 12.5. The first-order valence-corrected chi connectivity index (χ1v) is 5.93. The van der Waals surface area contributed by atoms with Gasteiger partial charge in [0, 0.05) is 4.90 Å². The summed E-state index contributed by atoms with van der Waals surface area (Å²) in [6.45, 7) is 6.14. The fourth-order valence-electron chi connectivity index (χ4n) is 1.56. The highest BCUT2D eigenvalue weighted by atomic mass is 32.1. The van der Waals surface area contributed by atoms with E-state index < -0.39 is 0 Å². The van der Waals surface area contributed by atoms with E-state index in [4.69, 9.17) is 4.74 Å². The van der Waals surface area contributed by atoms with E-state index in [0.717, 1.165) is 11.3 Å². The Morgan fingerprint density at radius 3 is 2.31 bits per heavy atom. The summed E-state index contributed by atoms with van der Waals surface area (Å²) < 4.78 is 5.32. The van der Waals surface area contributed by atoms with Crippen LogP contribution in [-0.2, 0) is 4.74 Å². The van der Waals surface area contributed by atoms with Crippen LogP contribution < -0.4 is 0 Å². The SMILES string of the molecule is CC(C)CC(C)OC(=O)c1ccc(S)cc1. The molecule has 0 saturated carbocycles. The Morgan fingerprint density at radius 1 is 1.25 bits per heavy atom. The number of hydrogen-bond acceptors (Lipinski definition) is 3. The molecule has 1 unspecified atom stereocenters. The minimum atomic E-state index is -0.263. The molecule has 0 aliphatic rings. The van der Waals surface area contributed by atoms with Crippen LogP contribution in [0.15, 0.2) is 29.2 Å². The second kappa shape index (κ2) is 5.94. The zero-order valence-electron chi connectivity index (χ0n) is 9.93. The highest BCUT2D eigenvalue weighted by Gasteiger charge is 2.12. The summed E-state index contributed by atoms with van der Waals surface area (Å²) in [5.74, 6) is 0.268. The maximum atomic E-state index is 11.7. The monoisotopic (exact) mass is 238 g/mol. The van der Waals surface area contributed by atoms with E-state index in [2.05, 4.69) is 26.5 Å². The van der Waals surface area contributed by atoms with Crippen molar-refractivity contribution in [2.45, 2.75) is 38.2 Å². The van der Waals surface area contributed by atoms with Crippen molar-refractivity contribution in [1.29, 1.82) is 0 Å². The Balaban J connectivity index is 2.55. The van der Waals surface area contributed by atoms with E-state index in [1.54, 1.807) is 24.3 Å². The Labute approximate surface area is 102 Å². The number of carbonyl (C=O) groups is 1. The highest BCUT2D eigenvalue weighted by Crippen LogP contribution is 2.12. The molecule has 16 heavy (non-hydrogen) atoms. The van der Waals surface area contributed by atoms with Gasteiger partial charge in [-0.1, -0.05) is 13.8 Å². The molecule has 1 aromatic carbocycles. The first-order valence-electron chi connectivity index (χ1n) is 5.49. The number of ether oxygens (including phenoxy) is 1. The lowest BCUT2D eigenvalue weighted by Gasteiger charge is -2.15. The van der Waals surface area contributed by atoms with E-state index in [1.165, 1.54) is 0 Å². The Morgan fingerprint density at radius 2 is 1.81 bits per heavy atom. The van der Waals surface area contributed by atoms with Gasteiger partial charge in [0.25, 0.3) is 0 Å². The normalized spacial score (nSPS) is 12.6. The van der Waals surface area contributed by atoms with Crippen LogP contribution in [-0.4, -0.2) is 12.1 Å². The number of hydrogen-bond donors (Lipinski definition) is 1. The van der Waals surface area contributed by atoms with Crippen molar-refractivity contribution in [2.75, 3.05) is 0 Å². The zero-order valence-corrected chi connectivity index (χ0v) is 10.8. The third-order valence-corrected chi connectivity index (χ3v) is 2.51. The number of thiol groups is 1. The maximum Gasteiger partial charge on any atom is 0.338 e. The third kappa shape index (κ3) is 4.27. The van der Waals surface area contributed by atoms with E-state index in [9.17, 15) is 4.79 Å². The molecule has 1 aromatic rings. The van der Waals surface area contributed by atoms with Crippen LogP contribution in [0.3, 0.4) is 0 Å². The average molecular weight is 238 g/mol. The van der Waals surface area contributed by atoms with Crippen LogP contribution >= 0.6 is 12.6 Å². The first kappa shape index (κ1) is 13.1. The molecule has 0 spiro atoms. The Bertz CT molecular complexity index is 343. The van der Waals surface area contributed by atoms with Crippen molar-refractivity contribution in [2.24, 2.45) is 5.92 Å². The molecular weight excluding hydrogens is 220 g/mol. The molecule has 0 aliphatic carbocycles. The maximum absolute atomic E-state index is 11.7. The summed E-state index contributed by atoms with van der Waals surface area (Å²) in [5.41, 5.74) is 0.577. The van der Waals surface area contributed by atoms with Crippen LogP contribution in [0.25, 0.3) is 0 Å². The summed E-state index contributed by atoms with van der Waals surface area (Å²) in [5, 5.41) is 0. The van der Waals surface area contributed by atoms with E-state index in [-0.39, 0.29) is 12.1 Å². The fraction of sp³-hybridized carbons (Fsp3) is 0.462. The van der Waals surface area contributed by atoms with Crippen LogP contribution in [0.1, 0.15) is 37.6 Å². The smallest absolute Gasteiger partial charge is 0.338 e. The van der Waals surface area contributed by atoms with Crippen LogP contribution in [0, 0.1) is 5.92 Å². The van der Waals surface area contributed by atoms with E-state index in [1.807, 2.05) is 6.92 Å². The summed E-state index contributed by atoms with van der Waals surface area (Å²) in [7, 11) is 0. The van der Waals surface area contributed by atoms with E-state index in [0.29, 0.717) is 11.5 Å². The number of benzene rings is 1. The molecular formula is C13H18O2S. The molecule has 0 fully saturated rings. The lowest BCUT2D eigenvalue weighted by molar-refractivity contribution is 0.0299. The summed E-state index contributed by atoms with van der Waals surface area (Å²) in [6.07, 6.45) is 0.847. The minimum Gasteiger partial charge on any atom is -0.459 e. The van der Waals surface area contributed by atoms with E-state index >= 15 is 0 Å². The molecule has 0 N–H and O–H groups in total. The van der Waals surface area contributed by atoms with Gasteiger partial charge in [-0.3, -0.25) is 0 Å².